The summed E-state index contributed by atoms with van der Waals surface area (Å²) in [6.45, 7) is 0. The molecule has 286 valence electrons. The molecule has 3 aliphatic carbocycles. The topological polar surface area (TPSA) is 28.4 Å². The third kappa shape index (κ3) is 5.89. The Labute approximate surface area is 350 Å². The number of anilines is 3. The summed E-state index contributed by atoms with van der Waals surface area (Å²) < 4.78 is 6.94. The van der Waals surface area contributed by atoms with Crippen molar-refractivity contribution in [1.29, 1.82) is 0 Å². The van der Waals surface area contributed by atoms with E-state index in [-0.39, 0.29) is 0 Å². The molecule has 0 fully saturated rings. The fourth-order valence-electron chi connectivity index (χ4n) is 9.71. The smallest absolute Gasteiger partial charge is 0.140 e. The quantitative estimate of drug-likeness (QED) is 0.167. The molecule has 60 heavy (non-hydrogen) atoms. The van der Waals surface area contributed by atoms with Gasteiger partial charge in [0.25, 0.3) is 0 Å². The van der Waals surface area contributed by atoms with Crippen LogP contribution in [0.4, 0.5) is 17.1 Å². The molecule has 0 bridgehead atoms. The van der Waals surface area contributed by atoms with Crippen molar-refractivity contribution in [2.75, 3.05) is 10.2 Å². The highest BCUT2D eigenvalue weighted by Crippen LogP contribution is 2.66. The van der Waals surface area contributed by atoms with Crippen LogP contribution in [-0.2, 0) is 5.41 Å². The van der Waals surface area contributed by atoms with Crippen LogP contribution in [0.2, 0.25) is 0 Å². The van der Waals surface area contributed by atoms with Crippen LogP contribution in [0.15, 0.2) is 210 Å². The first-order valence-electron chi connectivity index (χ1n) is 20.8. The lowest BCUT2D eigenvalue weighted by Gasteiger charge is -2.34. The Morgan fingerprint density at radius 2 is 1.33 bits per heavy atom. The molecule has 0 saturated carbocycles. The number of nitrogens with one attached hydrogen (secondary N) is 1. The van der Waals surface area contributed by atoms with Crippen LogP contribution in [0.25, 0.3) is 52.3 Å². The van der Waals surface area contributed by atoms with Crippen LogP contribution < -0.4 is 20.7 Å². The summed E-state index contributed by atoms with van der Waals surface area (Å²) in [5, 5.41) is 6.91. The second kappa shape index (κ2) is 15.0. The standard InChI is InChI=1S/C57H42N2O/c1-4-23-44(24-5-1)58-39-43-20-11-10-19-41(43)21-16-18-40-34-35-48-47-29-12-14-32-51(47)57(52(48)38-40)54-42(22-17-31-50(54)56-55(57)49-30-13-15-33-53(49)60-56)36-37-59(45-25-6-2-7-26-45)46-27-8-3-9-28-46/h1-13,15-31,33-39,58H,14,32H2/b18-16-,37-36?,41-21-,43-39+. The van der Waals surface area contributed by atoms with E-state index in [4.69, 9.17) is 4.42 Å². The number of fused-ring (bicyclic) bond motifs is 11. The maximum Gasteiger partial charge on any atom is 0.140 e. The van der Waals surface area contributed by atoms with Gasteiger partial charge in [0.15, 0.2) is 0 Å². The lowest BCUT2D eigenvalue weighted by Crippen LogP contribution is -2.29. The fourth-order valence-corrected chi connectivity index (χ4v) is 9.71. The molecule has 1 unspecified atom stereocenters. The number of rotatable bonds is 8. The number of furan rings is 1. The van der Waals surface area contributed by atoms with Gasteiger partial charge in [0.2, 0.25) is 0 Å². The summed E-state index contributed by atoms with van der Waals surface area (Å²) >= 11 is 0. The zero-order chi connectivity index (χ0) is 39.9. The zero-order valence-corrected chi connectivity index (χ0v) is 33.1. The molecule has 3 nitrogen and oxygen atoms in total. The molecule has 8 aromatic rings. The van der Waals surface area contributed by atoms with E-state index >= 15 is 0 Å². The molecule has 0 aliphatic heterocycles. The molecule has 7 aromatic carbocycles. The molecular weight excluding hydrogens is 729 g/mol. The van der Waals surface area contributed by atoms with Crippen molar-refractivity contribution < 1.29 is 4.42 Å². The molecule has 1 aromatic heterocycles. The number of allylic oxidation sites excluding steroid dienone is 5. The Morgan fingerprint density at radius 1 is 0.617 bits per heavy atom. The van der Waals surface area contributed by atoms with E-state index in [1.807, 2.05) is 18.2 Å². The molecule has 0 saturated heterocycles. The van der Waals surface area contributed by atoms with E-state index in [9.17, 15) is 0 Å². The Kier molecular flexibility index (Phi) is 8.86. The first-order valence-corrected chi connectivity index (χ1v) is 20.8. The Morgan fingerprint density at radius 3 is 2.13 bits per heavy atom. The summed E-state index contributed by atoms with van der Waals surface area (Å²) in [4.78, 5) is 2.28. The van der Waals surface area contributed by atoms with Crippen LogP contribution in [0.1, 0.15) is 46.2 Å². The monoisotopic (exact) mass is 770 g/mol. The lowest BCUT2D eigenvalue weighted by atomic mass is 9.66. The van der Waals surface area contributed by atoms with Gasteiger partial charge in [-0.2, -0.15) is 0 Å². The van der Waals surface area contributed by atoms with Gasteiger partial charge in [-0.1, -0.05) is 158 Å². The van der Waals surface area contributed by atoms with Crippen molar-refractivity contribution in [3.8, 4) is 11.3 Å². The Hall–Kier alpha value is -7.62. The van der Waals surface area contributed by atoms with Gasteiger partial charge in [-0.25, -0.2) is 0 Å². The van der Waals surface area contributed by atoms with Crippen LogP contribution in [0.5, 0.6) is 0 Å². The van der Waals surface area contributed by atoms with Crippen molar-refractivity contribution >= 4 is 58.0 Å². The summed E-state index contributed by atoms with van der Waals surface area (Å²) in [6, 6.07) is 62.4. The second-order valence-electron chi connectivity index (χ2n) is 15.6. The maximum atomic E-state index is 6.94. The predicted molar refractivity (Wildman–Crippen MR) is 251 cm³/mol. The van der Waals surface area contributed by atoms with Gasteiger partial charge < -0.3 is 14.6 Å². The zero-order valence-electron chi connectivity index (χ0n) is 33.1. The van der Waals surface area contributed by atoms with Crippen LogP contribution in [0, 0.1) is 0 Å². The third-order valence-electron chi connectivity index (χ3n) is 12.2. The molecular formula is C57H42N2O. The highest BCUT2D eigenvalue weighted by Gasteiger charge is 2.56. The minimum Gasteiger partial charge on any atom is -0.456 e. The lowest BCUT2D eigenvalue weighted by molar-refractivity contribution is 0.626. The Bertz CT molecular complexity index is 3130. The third-order valence-corrected chi connectivity index (χ3v) is 12.2. The van der Waals surface area contributed by atoms with E-state index in [0.29, 0.717) is 0 Å². The molecule has 11 rings (SSSR count). The molecule has 1 spiro atoms. The van der Waals surface area contributed by atoms with E-state index in [2.05, 4.69) is 217 Å². The molecule has 3 aliphatic rings. The molecule has 1 N–H and O–H groups in total. The number of hydrogen-bond acceptors (Lipinski definition) is 3. The fraction of sp³-hybridized carbons (Fsp3) is 0.0526. The molecule has 1 atom stereocenters. The van der Waals surface area contributed by atoms with E-state index in [1.54, 1.807) is 0 Å². The molecule has 0 amide bonds. The average molecular weight is 771 g/mol. The highest BCUT2D eigenvalue weighted by molar-refractivity contribution is 6.04. The average Bonchev–Trinajstić information content (AvgIpc) is 3.94. The first kappa shape index (κ1) is 35.5. The van der Waals surface area contributed by atoms with Gasteiger partial charge in [0, 0.05) is 46.0 Å². The van der Waals surface area contributed by atoms with Crippen molar-refractivity contribution in [3.63, 3.8) is 0 Å². The second-order valence-corrected chi connectivity index (χ2v) is 15.6. The minimum atomic E-state index is -0.532. The Balaban J connectivity index is 1.09. The van der Waals surface area contributed by atoms with Gasteiger partial charge in [-0.3, -0.25) is 0 Å². The van der Waals surface area contributed by atoms with E-state index in [1.165, 1.54) is 44.3 Å². The molecule has 0 radical (unpaired) electrons. The van der Waals surface area contributed by atoms with Crippen molar-refractivity contribution in [2.45, 2.75) is 18.3 Å². The normalized spacial score (nSPS) is 16.9. The van der Waals surface area contributed by atoms with Crippen molar-refractivity contribution in [1.82, 2.24) is 0 Å². The van der Waals surface area contributed by atoms with Gasteiger partial charge >= 0.3 is 0 Å². The first-order chi connectivity index (χ1) is 29.8. The van der Waals surface area contributed by atoms with E-state index in [0.717, 1.165) is 62.8 Å². The largest absolute Gasteiger partial charge is 0.456 e. The van der Waals surface area contributed by atoms with E-state index < -0.39 is 5.41 Å². The SMILES string of the molecule is C1=CC2=C(CC1)C1(c3cc(\C=C/C=c4/cccc/c4=C\Nc4ccccc4)ccc32)c2c(C=CN(c3ccccc3)c3ccccc3)cccc2-c2oc3ccccc3c21. The van der Waals surface area contributed by atoms with Gasteiger partial charge in [0.1, 0.15) is 11.3 Å². The highest BCUT2D eigenvalue weighted by atomic mass is 16.3. The summed E-state index contributed by atoms with van der Waals surface area (Å²) in [6.07, 6.45) is 19.9. The molecule has 1 heterocycles. The number of hydrogen-bond donors (Lipinski definition) is 1. The van der Waals surface area contributed by atoms with Crippen LogP contribution in [0.3, 0.4) is 0 Å². The predicted octanol–water partition coefficient (Wildman–Crippen LogP) is 13.0. The number of benzene rings is 7. The van der Waals surface area contributed by atoms with Crippen molar-refractivity contribution in [2.24, 2.45) is 0 Å². The minimum absolute atomic E-state index is 0.532. The maximum absolute atomic E-state index is 6.94. The van der Waals surface area contributed by atoms with Gasteiger partial charge in [-0.05, 0) is 117 Å². The summed E-state index contributed by atoms with van der Waals surface area (Å²) in [7, 11) is 0. The summed E-state index contributed by atoms with van der Waals surface area (Å²) in [5.41, 5.74) is 15.1. The van der Waals surface area contributed by atoms with Crippen LogP contribution in [-0.4, -0.2) is 0 Å². The number of nitrogens with zero attached hydrogens (tertiary/aromatic N) is 1. The number of para-hydroxylation sites is 4. The van der Waals surface area contributed by atoms with Crippen molar-refractivity contribution in [3.05, 3.63) is 250 Å². The summed E-state index contributed by atoms with van der Waals surface area (Å²) in [5.74, 6) is 0.977. The van der Waals surface area contributed by atoms with Gasteiger partial charge in [-0.15, -0.1) is 0 Å². The molecule has 3 heteroatoms. The van der Waals surface area contributed by atoms with Crippen LogP contribution >= 0.6 is 0 Å². The van der Waals surface area contributed by atoms with Gasteiger partial charge in [0.05, 0.1) is 5.41 Å².